The van der Waals surface area contributed by atoms with Crippen LogP contribution in [0.15, 0.2) is 0 Å². The maximum absolute atomic E-state index is 12.3. The number of hydrogen-bond acceptors (Lipinski definition) is 2. The second-order valence-corrected chi connectivity index (χ2v) is 5.58. The lowest BCUT2D eigenvalue weighted by atomic mass is 9.93. The molecular formula is C15H27NO3. The van der Waals surface area contributed by atoms with Crippen LogP contribution in [0.4, 0.5) is 0 Å². The van der Waals surface area contributed by atoms with E-state index in [0.29, 0.717) is 25.3 Å². The highest BCUT2D eigenvalue weighted by Crippen LogP contribution is 2.24. The molecule has 1 rings (SSSR count). The molecule has 0 aromatic rings. The predicted molar refractivity (Wildman–Crippen MR) is 74.9 cm³/mol. The third-order valence-corrected chi connectivity index (χ3v) is 3.98. The molecule has 1 aliphatic heterocycles. The highest BCUT2D eigenvalue weighted by Gasteiger charge is 2.34. The van der Waals surface area contributed by atoms with Crippen LogP contribution >= 0.6 is 0 Å². The highest BCUT2D eigenvalue weighted by molar-refractivity contribution is 5.84. The van der Waals surface area contributed by atoms with Gasteiger partial charge in [-0.1, -0.05) is 39.5 Å². The normalized spacial score (nSPS) is 20.5. The number of likely N-dealkylation sites (tertiary alicyclic amines) is 1. The minimum Gasteiger partial charge on any atom is -0.480 e. The molecule has 1 N–H and O–H groups in total. The molecule has 0 spiro atoms. The van der Waals surface area contributed by atoms with Gasteiger partial charge in [0.15, 0.2) is 0 Å². The van der Waals surface area contributed by atoms with Gasteiger partial charge in [0.1, 0.15) is 6.04 Å². The predicted octanol–water partition coefficient (Wildman–Crippen LogP) is 3.06. The van der Waals surface area contributed by atoms with E-state index >= 15 is 0 Å². The SMILES string of the molecule is CCCCC(CCC)CC(=O)N1CCCC1C(=O)O. The Morgan fingerprint density at radius 1 is 1.26 bits per heavy atom. The first kappa shape index (κ1) is 16.0. The Morgan fingerprint density at radius 2 is 2.00 bits per heavy atom. The fraction of sp³-hybridized carbons (Fsp3) is 0.867. The first-order chi connectivity index (χ1) is 9.10. The lowest BCUT2D eigenvalue weighted by Gasteiger charge is -2.24. The van der Waals surface area contributed by atoms with E-state index in [1.807, 2.05) is 0 Å². The Kier molecular flexibility index (Phi) is 6.89. The van der Waals surface area contributed by atoms with Gasteiger partial charge in [0, 0.05) is 13.0 Å². The lowest BCUT2D eigenvalue weighted by molar-refractivity contribution is -0.148. The van der Waals surface area contributed by atoms with Crippen molar-refractivity contribution in [3.8, 4) is 0 Å². The Balaban J connectivity index is 2.52. The van der Waals surface area contributed by atoms with Crippen molar-refractivity contribution >= 4 is 11.9 Å². The molecule has 1 fully saturated rings. The van der Waals surface area contributed by atoms with Crippen molar-refractivity contribution in [2.75, 3.05) is 6.54 Å². The van der Waals surface area contributed by atoms with Gasteiger partial charge in [0.2, 0.25) is 5.91 Å². The molecule has 4 heteroatoms. The zero-order chi connectivity index (χ0) is 14.3. The van der Waals surface area contributed by atoms with Crippen molar-refractivity contribution in [3.05, 3.63) is 0 Å². The molecule has 2 unspecified atom stereocenters. The molecule has 0 radical (unpaired) electrons. The van der Waals surface area contributed by atoms with E-state index < -0.39 is 12.0 Å². The van der Waals surface area contributed by atoms with Crippen LogP contribution in [-0.2, 0) is 9.59 Å². The van der Waals surface area contributed by atoms with Gasteiger partial charge in [-0.25, -0.2) is 4.79 Å². The Hall–Kier alpha value is -1.06. The number of amides is 1. The summed E-state index contributed by atoms with van der Waals surface area (Å²) in [5.74, 6) is -0.390. The largest absolute Gasteiger partial charge is 0.480 e. The van der Waals surface area contributed by atoms with Gasteiger partial charge in [0.05, 0.1) is 0 Å². The molecule has 0 saturated carbocycles. The summed E-state index contributed by atoms with van der Waals surface area (Å²) >= 11 is 0. The molecule has 4 nitrogen and oxygen atoms in total. The summed E-state index contributed by atoms with van der Waals surface area (Å²) < 4.78 is 0. The van der Waals surface area contributed by atoms with Gasteiger partial charge < -0.3 is 10.0 Å². The van der Waals surface area contributed by atoms with E-state index in [4.69, 9.17) is 5.11 Å². The summed E-state index contributed by atoms with van der Waals surface area (Å²) in [5, 5.41) is 9.12. The molecule has 1 saturated heterocycles. The number of nitrogens with zero attached hydrogens (tertiary/aromatic N) is 1. The first-order valence-corrected chi connectivity index (χ1v) is 7.62. The van der Waals surface area contributed by atoms with E-state index in [0.717, 1.165) is 38.5 Å². The lowest BCUT2D eigenvalue weighted by Crippen LogP contribution is -2.41. The number of unbranched alkanes of at least 4 members (excludes halogenated alkanes) is 1. The van der Waals surface area contributed by atoms with Crippen molar-refractivity contribution in [1.29, 1.82) is 0 Å². The van der Waals surface area contributed by atoms with Gasteiger partial charge in [-0.3, -0.25) is 4.79 Å². The number of rotatable bonds is 8. The van der Waals surface area contributed by atoms with Crippen molar-refractivity contribution in [2.24, 2.45) is 5.92 Å². The highest BCUT2D eigenvalue weighted by atomic mass is 16.4. The number of aliphatic carboxylic acids is 1. The number of carboxylic acid groups (broad SMARTS) is 1. The maximum atomic E-state index is 12.3. The number of hydrogen-bond donors (Lipinski definition) is 1. The molecule has 2 atom stereocenters. The topological polar surface area (TPSA) is 57.6 Å². The Bertz CT molecular complexity index is 304. The third kappa shape index (κ3) is 4.84. The summed E-state index contributed by atoms with van der Waals surface area (Å²) in [6.07, 6.45) is 7.49. The van der Waals surface area contributed by atoms with Gasteiger partial charge >= 0.3 is 5.97 Å². The zero-order valence-corrected chi connectivity index (χ0v) is 12.2. The monoisotopic (exact) mass is 269 g/mol. The minimum absolute atomic E-state index is 0.0412. The van der Waals surface area contributed by atoms with Crippen LogP contribution in [-0.4, -0.2) is 34.5 Å². The van der Waals surface area contributed by atoms with E-state index in [-0.39, 0.29) is 5.91 Å². The van der Waals surface area contributed by atoms with Gasteiger partial charge in [-0.15, -0.1) is 0 Å². The summed E-state index contributed by atoms with van der Waals surface area (Å²) in [4.78, 5) is 25.0. The second-order valence-electron chi connectivity index (χ2n) is 5.58. The summed E-state index contributed by atoms with van der Waals surface area (Å²) in [7, 11) is 0. The molecule has 0 aromatic carbocycles. The maximum Gasteiger partial charge on any atom is 0.326 e. The van der Waals surface area contributed by atoms with Crippen LogP contribution in [0.5, 0.6) is 0 Å². The number of carboxylic acids is 1. The van der Waals surface area contributed by atoms with Crippen molar-refractivity contribution in [1.82, 2.24) is 4.90 Å². The van der Waals surface area contributed by atoms with Gasteiger partial charge in [0.25, 0.3) is 0 Å². The van der Waals surface area contributed by atoms with Crippen LogP contribution in [0.3, 0.4) is 0 Å². The van der Waals surface area contributed by atoms with Gasteiger partial charge in [-0.05, 0) is 25.2 Å². The second kappa shape index (κ2) is 8.18. The van der Waals surface area contributed by atoms with Crippen LogP contribution in [0.1, 0.15) is 65.2 Å². The first-order valence-electron chi connectivity index (χ1n) is 7.62. The van der Waals surface area contributed by atoms with Crippen LogP contribution in [0.2, 0.25) is 0 Å². The van der Waals surface area contributed by atoms with Crippen molar-refractivity contribution in [3.63, 3.8) is 0 Å². The molecule has 0 aliphatic carbocycles. The van der Waals surface area contributed by atoms with Gasteiger partial charge in [-0.2, -0.15) is 0 Å². The molecule has 1 aliphatic rings. The smallest absolute Gasteiger partial charge is 0.326 e. The quantitative estimate of drug-likeness (QED) is 0.736. The van der Waals surface area contributed by atoms with Crippen molar-refractivity contribution < 1.29 is 14.7 Å². The summed E-state index contributed by atoms with van der Waals surface area (Å²) in [6.45, 7) is 4.91. The molecule has 1 amide bonds. The van der Waals surface area contributed by atoms with E-state index in [9.17, 15) is 9.59 Å². The average molecular weight is 269 g/mol. The number of carbonyl (C=O) groups is 2. The minimum atomic E-state index is -0.855. The Labute approximate surface area is 116 Å². The van der Waals surface area contributed by atoms with Crippen molar-refractivity contribution in [2.45, 2.75) is 71.3 Å². The van der Waals surface area contributed by atoms with Crippen LogP contribution < -0.4 is 0 Å². The fourth-order valence-electron chi connectivity index (χ4n) is 2.94. The van der Waals surface area contributed by atoms with E-state index in [1.165, 1.54) is 0 Å². The molecule has 110 valence electrons. The standard InChI is InChI=1S/C15H27NO3/c1-3-5-8-12(7-4-2)11-14(17)16-10-6-9-13(16)15(18)19/h12-13H,3-11H2,1-2H3,(H,18,19). The molecule has 19 heavy (non-hydrogen) atoms. The van der Waals surface area contributed by atoms with Crippen LogP contribution in [0.25, 0.3) is 0 Å². The molecule has 0 bridgehead atoms. The van der Waals surface area contributed by atoms with E-state index in [1.54, 1.807) is 4.90 Å². The molecular weight excluding hydrogens is 242 g/mol. The molecule has 0 aromatic heterocycles. The summed E-state index contributed by atoms with van der Waals surface area (Å²) in [6, 6.07) is -0.582. The molecule has 1 heterocycles. The fourth-order valence-corrected chi connectivity index (χ4v) is 2.94. The summed E-state index contributed by atoms with van der Waals surface area (Å²) in [5.41, 5.74) is 0. The average Bonchev–Trinajstić information content (AvgIpc) is 2.85. The number of carbonyl (C=O) groups excluding carboxylic acids is 1. The van der Waals surface area contributed by atoms with Crippen LogP contribution in [0, 0.1) is 5.92 Å². The zero-order valence-electron chi connectivity index (χ0n) is 12.2. The van der Waals surface area contributed by atoms with E-state index in [2.05, 4.69) is 13.8 Å². The third-order valence-electron chi connectivity index (χ3n) is 3.98. The Morgan fingerprint density at radius 3 is 2.58 bits per heavy atom.